The summed E-state index contributed by atoms with van der Waals surface area (Å²) in [7, 11) is 1.69. The zero-order valence-corrected chi connectivity index (χ0v) is 8.40. The lowest BCUT2D eigenvalue weighted by atomic mass is 10.2. The number of nitro benzene ring substituents is 1. The maximum Gasteiger partial charge on any atom is 0.275 e. The molecule has 80 valence electrons. The number of anilines is 1. The molecule has 1 N–H and O–H groups in total. The Kier molecular flexibility index (Phi) is 3.68. The van der Waals surface area contributed by atoms with Gasteiger partial charge in [-0.15, -0.1) is 0 Å². The molecular formula is C10H12N2O3. The van der Waals surface area contributed by atoms with Gasteiger partial charge in [-0.05, 0) is 0 Å². The summed E-state index contributed by atoms with van der Waals surface area (Å²) in [4.78, 5) is 10.1. The van der Waals surface area contributed by atoms with Gasteiger partial charge in [0.2, 0.25) is 0 Å². The Labute approximate surface area is 87.5 Å². The zero-order valence-electron chi connectivity index (χ0n) is 8.40. The maximum absolute atomic E-state index is 10.6. The zero-order chi connectivity index (χ0) is 11.3. The Morgan fingerprint density at radius 3 is 2.87 bits per heavy atom. The molecule has 0 amide bonds. The summed E-state index contributed by atoms with van der Waals surface area (Å²) in [5.74, 6) is 0.452. The summed E-state index contributed by atoms with van der Waals surface area (Å²) in [5.41, 5.74) is 0.643. The topological polar surface area (TPSA) is 64.4 Å². The van der Waals surface area contributed by atoms with Crippen LogP contribution in [0.2, 0.25) is 0 Å². The molecule has 1 rings (SSSR count). The van der Waals surface area contributed by atoms with Crippen LogP contribution in [-0.2, 0) is 0 Å². The monoisotopic (exact) mass is 208 g/mol. The summed E-state index contributed by atoms with van der Waals surface area (Å²) in [6.45, 7) is 3.83. The number of ether oxygens (including phenoxy) is 1. The minimum absolute atomic E-state index is 0.000845. The molecule has 1 aromatic carbocycles. The summed E-state index contributed by atoms with van der Waals surface area (Å²) in [6, 6.07) is 4.52. The van der Waals surface area contributed by atoms with Gasteiger partial charge < -0.3 is 10.1 Å². The minimum Gasteiger partial charge on any atom is -0.489 e. The number of rotatable bonds is 5. The normalized spacial score (nSPS) is 9.40. The van der Waals surface area contributed by atoms with Crippen molar-refractivity contribution in [2.24, 2.45) is 0 Å². The lowest BCUT2D eigenvalue weighted by Gasteiger charge is -2.06. The third-order valence-electron chi connectivity index (χ3n) is 1.76. The number of benzene rings is 1. The van der Waals surface area contributed by atoms with Gasteiger partial charge in [0.25, 0.3) is 5.69 Å². The third-order valence-corrected chi connectivity index (χ3v) is 1.76. The van der Waals surface area contributed by atoms with Gasteiger partial charge in [-0.2, -0.15) is 0 Å². The number of nitrogens with one attached hydrogen (secondary N) is 1. The molecule has 0 radical (unpaired) electrons. The van der Waals surface area contributed by atoms with E-state index in [4.69, 9.17) is 4.74 Å². The molecule has 0 saturated carbocycles. The standard InChI is InChI=1S/C10H12N2O3/c1-3-4-15-10-6-8(11-2)5-9(7-10)12(13)14/h3,5-7,11H,1,4H2,2H3. The number of non-ortho nitro benzene ring substituents is 1. The van der Waals surface area contributed by atoms with Crippen LogP contribution < -0.4 is 10.1 Å². The summed E-state index contributed by atoms with van der Waals surface area (Å²) < 4.78 is 5.23. The molecule has 5 nitrogen and oxygen atoms in total. The fraction of sp³-hybridized carbons (Fsp3) is 0.200. The molecule has 0 bridgehead atoms. The van der Waals surface area contributed by atoms with Gasteiger partial charge in [0, 0.05) is 24.9 Å². The van der Waals surface area contributed by atoms with E-state index in [0.717, 1.165) is 0 Å². The van der Waals surface area contributed by atoms with Crippen LogP contribution >= 0.6 is 0 Å². The average Bonchev–Trinajstić information content (AvgIpc) is 2.25. The van der Waals surface area contributed by atoms with E-state index >= 15 is 0 Å². The summed E-state index contributed by atoms with van der Waals surface area (Å²) in [5, 5.41) is 13.4. The van der Waals surface area contributed by atoms with Crippen molar-refractivity contribution in [3.63, 3.8) is 0 Å². The molecule has 0 spiro atoms. The van der Waals surface area contributed by atoms with E-state index in [9.17, 15) is 10.1 Å². The first-order valence-electron chi connectivity index (χ1n) is 4.38. The third kappa shape index (κ3) is 2.98. The van der Waals surface area contributed by atoms with Crippen molar-refractivity contribution in [3.8, 4) is 5.75 Å². The second-order valence-electron chi connectivity index (χ2n) is 2.82. The summed E-state index contributed by atoms with van der Waals surface area (Å²) >= 11 is 0. The number of hydrogen-bond donors (Lipinski definition) is 1. The van der Waals surface area contributed by atoms with Crippen molar-refractivity contribution in [2.45, 2.75) is 0 Å². The van der Waals surface area contributed by atoms with Crippen molar-refractivity contribution < 1.29 is 9.66 Å². The Bertz CT molecular complexity index is 377. The van der Waals surface area contributed by atoms with E-state index in [1.807, 2.05) is 0 Å². The maximum atomic E-state index is 10.6. The molecule has 0 aliphatic heterocycles. The second kappa shape index (κ2) is 4.99. The second-order valence-corrected chi connectivity index (χ2v) is 2.82. The Balaban J connectivity index is 2.99. The summed E-state index contributed by atoms with van der Waals surface area (Å²) in [6.07, 6.45) is 1.58. The highest BCUT2D eigenvalue weighted by Gasteiger charge is 2.09. The first-order chi connectivity index (χ1) is 7.17. The minimum atomic E-state index is -0.457. The average molecular weight is 208 g/mol. The van der Waals surface area contributed by atoms with Crippen molar-refractivity contribution in [3.05, 3.63) is 41.0 Å². The number of nitrogens with zero attached hydrogens (tertiary/aromatic N) is 1. The predicted octanol–water partition coefficient (Wildman–Crippen LogP) is 2.20. The molecule has 0 atom stereocenters. The van der Waals surface area contributed by atoms with Crippen LogP contribution in [0.5, 0.6) is 5.75 Å². The van der Waals surface area contributed by atoms with Crippen molar-refractivity contribution in [2.75, 3.05) is 19.0 Å². The van der Waals surface area contributed by atoms with Crippen molar-refractivity contribution >= 4 is 11.4 Å². The molecule has 0 aliphatic rings. The van der Waals surface area contributed by atoms with Crippen LogP contribution in [0.25, 0.3) is 0 Å². The van der Waals surface area contributed by atoms with E-state index in [-0.39, 0.29) is 5.69 Å². The van der Waals surface area contributed by atoms with Crippen LogP contribution in [0.15, 0.2) is 30.9 Å². The highest BCUT2D eigenvalue weighted by Crippen LogP contribution is 2.25. The van der Waals surface area contributed by atoms with E-state index in [2.05, 4.69) is 11.9 Å². The Hall–Kier alpha value is -2.04. The highest BCUT2D eigenvalue weighted by atomic mass is 16.6. The van der Waals surface area contributed by atoms with Crippen molar-refractivity contribution in [1.82, 2.24) is 0 Å². The molecule has 1 aromatic rings. The molecule has 0 fully saturated rings. The number of nitro groups is 1. The number of hydrogen-bond acceptors (Lipinski definition) is 4. The predicted molar refractivity (Wildman–Crippen MR) is 58.3 cm³/mol. The van der Waals surface area contributed by atoms with Crippen LogP contribution in [-0.4, -0.2) is 18.6 Å². The SMILES string of the molecule is C=CCOc1cc(NC)cc([N+](=O)[O-])c1. The molecule has 0 aliphatic carbocycles. The lowest BCUT2D eigenvalue weighted by molar-refractivity contribution is -0.384. The van der Waals surface area contributed by atoms with Crippen LogP contribution in [0, 0.1) is 10.1 Å². The van der Waals surface area contributed by atoms with Gasteiger partial charge in [-0.3, -0.25) is 10.1 Å². The highest BCUT2D eigenvalue weighted by molar-refractivity contribution is 5.56. The first-order valence-corrected chi connectivity index (χ1v) is 4.38. The smallest absolute Gasteiger partial charge is 0.275 e. The van der Waals surface area contributed by atoms with E-state index < -0.39 is 4.92 Å². The first kappa shape index (κ1) is 11.0. The molecule has 15 heavy (non-hydrogen) atoms. The van der Waals surface area contributed by atoms with Gasteiger partial charge >= 0.3 is 0 Å². The fourth-order valence-electron chi connectivity index (χ4n) is 1.07. The molecule has 0 saturated heterocycles. The van der Waals surface area contributed by atoms with Crippen molar-refractivity contribution in [1.29, 1.82) is 0 Å². The molecule has 0 unspecified atom stereocenters. The molecular weight excluding hydrogens is 196 g/mol. The lowest BCUT2D eigenvalue weighted by Crippen LogP contribution is -1.97. The van der Waals surface area contributed by atoms with Crippen LogP contribution in [0.1, 0.15) is 0 Å². The van der Waals surface area contributed by atoms with Gasteiger partial charge in [0.05, 0.1) is 11.0 Å². The quantitative estimate of drug-likeness (QED) is 0.457. The largest absolute Gasteiger partial charge is 0.489 e. The Morgan fingerprint density at radius 1 is 1.60 bits per heavy atom. The van der Waals surface area contributed by atoms with E-state index in [1.54, 1.807) is 19.2 Å². The molecule has 0 aromatic heterocycles. The molecule has 5 heteroatoms. The van der Waals surface area contributed by atoms with Gasteiger partial charge in [0.1, 0.15) is 12.4 Å². The Morgan fingerprint density at radius 2 is 2.33 bits per heavy atom. The van der Waals surface area contributed by atoms with Gasteiger partial charge in [-0.25, -0.2) is 0 Å². The fourth-order valence-corrected chi connectivity index (χ4v) is 1.07. The van der Waals surface area contributed by atoms with Gasteiger partial charge in [0.15, 0.2) is 0 Å². The van der Waals surface area contributed by atoms with Gasteiger partial charge in [-0.1, -0.05) is 12.7 Å². The van der Waals surface area contributed by atoms with Crippen LogP contribution in [0.4, 0.5) is 11.4 Å². The molecule has 0 heterocycles. The van der Waals surface area contributed by atoms with Crippen LogP contribution in [0.3, 0.4) is 0 Å². The van der Waals surface area contributed by atoms with E-state index in [0.29, 0.717) is 18.0 Å². The van der Waals surface area contributed by atoms with E-state index in [1.165, 1.54) is 12.1 Å².